The van der Waals surface area contributed by atoms with Crippen LogP contribution < -0.4 is 10.1 Å². The van der Waals surface area contributed by atoms with Gasteiger partial charge >= 0.3 is 6.36 Å². The van der Waals surface area contributed by atoms with Crippen molar-refractivity contribution in [1.29, 1.82) is 0 Å². The fourth-order valence-electron chi connectivity index (χ4n) is 2.43. The molecule has 3 rings (SSSR count). The normalized spacial score (nSPS) is 11.8. The van der Waals surface area contributed by atoms with Gasteiger partial charge in [0, 0.05) is 16.1 Å². The lowest BCUT2D eigenvalue weighted by Gasteiger charge is -2.09. The van der Waals surface area contributed by atoms with Gasteiger partial charge in [0.2, 0.25) is 0 Å². The molecule has 0 spiro atoms. The Hall–Kier alpha value is -2.05. The number of benzene rings is 2. The van der Waals surface area contributed by atoms with Gasteiger partial charge in [-0.25, -0.2) is 0 Å². The molecule has 24 heavy (non-hydrogen) atoms. The Morgan fingerprint density at radius 2 is 1.75 bits per heavy atom. The summed E-state index contributed by atoms with van der Waals surface area (Å²) in [4.78, 5) is 1.27. The highest BCUT2D eigenvalue weighted by Gasteiger charge is 2.30. The number of fused-ring (bicyclic) bond motifs is 1. The number of nitrogens with one attached hydrogen (secondary N) is 1. The monoisotopic (exact) mass is 351 g/mol. The van der Waals surface area contributed by atoms with Crippen LogP contribution in [0.1, 0.15) is 10.4 Å². The van der Waals surface area contributed by atoms with Crippen LogP contribution in [0.2, 0.25) is 0 Å². The summed E-state index contributed by atoms with van der Waals surface area (Å²) >= 11 is 1.77. The minimum absolute atomic E-state index is 0.190. The highest BCUT2D eigenvalue weighted by atomic mass is 32.1. The molecule has 126 valence electrons. The third-order valence-electron chi connectivity index (χ3n) is 3.52. The molecule has 6 heteroatoms. The molecule has 0 saturated heterocycles. The maximum absolute atomic E-state index is 12.1. The molecule has 1 aromatic heterocycles. The molecule has 1 N–H and O–H groups in total. The van der Waals surface area contributed by atoms with E-state index in [2.05, 4.69) is 28.3 Å². The standard InChI is InChI=1S/C18H16F3NOS/c19-18(20,21)23-15-7-5-13(6-8-15)9-10-22-12-16-11-14-3-1-2-4-17(14)24-16/h1-8,11,22H,9-10,12H2. The van der Waals surface area contributed by atoms with Crippen LogP contribution in [-0.2, 0) is 13.0 Å². The molecule has 1 heterocycles. The summed E-state index contributed by atoms with van der Waals surface area (Å²) in [6, 6.07) is 16.4. The van der Waals surface area contributed by atoms with Gasteiger partial charge in [-0.15, -0.1) is 24.5 Å². The van der Waals surface area contributed by atoms with Crippen molar-refractivity contribution in [3.8, 4) is 5.75 Å². The number of alkyl halides is 3. The summed E-state index contributed by atoms with van der Waals surface area (Å²) in [5, 5.41) is 4.61. The molecule has 3 aromatic rings. The fraction of sp³-hybridized carbons (Fsp3) is 0.222. The van der Waals surface area contributed by atoms with Gasteiger partial charge in [0.05, 0.1) is 0 Å². The first-order chi connectivity index (χ1) is 11.5. The summed E-state index contributed by atoms with van der Waals surface area (Å²) in [5.74, 6) is -0.190. The van der Waals surface area contributed by atoms with E-state index in [1.165, 1.54) is 27.1 Å². The van der Waals surface area contributed by atoms with E-state index in [1.807, 2.05) is 12.1 Å². The molecule has 0 radical (unpaired) electrons. The van der Waals surface area contributed by atoms with E-state index in [0.717, 1.165) is 25.1 Å². The lowest BCUT2D eigenvalue weighted by Crippen LogP contribution is -2.17. The van der Waals surface area contributed by atoms with Gasteiger partial charge in [-0.2, -0.15) is 0 Å². The van der Waals surface area contributed by atoms with Gasteiger partial charge in [0.15, 0.2) is 0 Å². The summed E-state index contributed by atoms with van der Waals surface area (Å²) in [6.45, 7) is 1.54. The Labute approximate surface area is 141 Å². The average molecular weight is 351 g/mol. The zero-order valence-corrected chi connectivity index (χ0v) is 13.6. The maximum Gasteiger partial charge on any atom is 0.573 e. The topological polar surface area (TPSA) is 21.3 Å². The molecule has 2 aromatic carbocycles. The van der Waals surface area contributed by atoms with Gasteiger partial charge in [0.25, 0.3) is 0 Å². The van der Waals surface area contributed by atoms with Crippen molar-refractivity contribution < 1.29 is 17.9 Å². The average Bonchev–Trinajstić information content (AvgIpc) is 2.94. The van der Waals surface area contributed by atoms with E-state index in [4.69, 9.17) is 0 Å². The molecule has 0 aliphatic carbocycles. The van der Waals surface area contributed by atoms with Crippen molar-refractivity contribution in [2.24, 2.45) is 0 Å². The quantitative estimate of drug-likeness (QED) is 0.622. The Morgan fingerprint density at radius 3 is 2.46 bits per heavy atom. The zero-order valence-electron chi connectivity index (χ0n) is 12.8. The molecule has 0 aliphatic heterocycles. The Balaban J connectivity index is 1.46. The first-order valence-corrected chi connectivity index (χ1v) is 8.34. The van der Waals surface area contributed by atoms with Crippen LogP contribution in [0.25, 0.3) is 10.1 Å². The fourth-order valence-corrected chi connectivity index (χ4v) is 3.46. The number of hydrogen-bond acceptors (Lipinski definition) is 3. The maximum atomic E-state index is 12.1. The Kier molecular flexibility index (Phi) is 5.06. The van der Waals surface area contributed by atoms with Crippen LogP contribution in [0.4, 0.5) is 13.2 Å². The molecule has 0 atom stereocenters. The molecule has 0 saturated carbocycles. The van der Waals surface area contributed by atoms with Crippen molar-refractivity contribution in [2.45, 2.75) is 19.3 Å². The predicted molar refractivity (Wildman–Crippen MR) is 90.4 cm³/mol. The second-order valence-electron chi connectivity index (χ2n) is 5.37. The smallest absolute Gasteiger partial charge is 0.406 e. The highest BCUT2D eigenvalue weighted by Crippen LogP contribution is 2.25. The molecule has 2 nitrogen and oxygen atoms in total. The summed E-state index contributed by atoms with van der Waals surface area (Å²) < 4.78 is 41.4. The third kappa shape index (κ3) is 4.72. The van der Waals surface area contributed by atoms with Crippen molar-refractivity contribution in [3.05, 3.63) is 65.0 Å². The molecule has 0 aliphatic rings. The van der Waals surface area contributed by atoms with Gasteiger partial charge in [0.1, 0.15) is 5.75 Å². The van der Waals surface area contributed by atoms with Gasteiger partial charge in [-0.1, -0.05) is 30.3 Å². The minimum Gasteiger partial charge on any atom is -0.406 e. The van der Waals surface area contributed by atoms with Crippen LogP contribution in [0.15, 0.2) is 54.6 Å². The van der Waals surface area contributed by atoms with Gasteiger partial charge < -0.3 is 10.1 Å². The van der Waals surface area contributed by atoms with Crippen LogP contribution in [0.5, 0.6) is 5.75 Å². The predicted octanol–water partition coefficient (Wildman–Crippen LogP) is 5.13. The number of hydrogen-bond donors (Lipinski definition) is 1. The summed E-state index contributed by atoms with van der Waals surface area (Å²) in [5.41, 5.74) is 0.966. The minimum atomic E-state index is -4.65. The van der Waals surface area contributed by atoms with Crippen molar-refractivity contribution in [2.75, 3.05) is 6.54 Å². The first-order valence-electron chi connectivity index (χ1n) is 7.52. The van der Waals surface area contributed by atoms with Gasteiger partial charge in [-0.05, 0) is 48.2 Å². The molecule has 0 bridgehead atoms. The van der Waals surface area contributed by atoms with Crippen LogP contribution in [0, 0.1) is 0 Å². The van der Waals surface area contributed by atoms with Crippen molar-refractivity contribution in [1.82, 2.24) is 5.32 Å². The molecule has 0 fully saturated rings. The van der Waals surface area contributed by atoms with E-state index in [9.17, 15) is 13.2 Å². The summed E-state index contributed by atoms with van der Waals surface area (Å²) in [6.07, 6.45) is -3.90. The Bertz CT molecular complexity index is 763. The lowest BCUT2D eigenvalue weighted by molar-refractivity contribution is -0.274. The molecular weight excluding hydrogens is 335 g/mol. The molecular formula is C18H16F3NOS. The van der Waals surface area contributed by atoms with Crippen LogP contribution in [0.3, 0.4) is 0 Å². The van der Waals surface area contributed by atoms with E-state index >= 15 is 0 Å². The van der Waals surface area contributed by atoms with Gasteiger partial charge in [-0.3, -0.25) is 0 Å². The number of halogens is 3. The molecule has 0 amide bonds. The third-order valence-corrected chi connectivity index (χ3v) is 4.64. The largest absolute Gasteiger partial charge is 0.573 e. The number of rotatable bonds is 6. The van der Waals surface area contributed by atoms with E-state index in [1.54, 1.807) is 23.5 Å². The first kappa shape index (κ1) is 16.8. The zero-order chi connectivity index (χ0) is 17.0. The molecule has 0 unspecified atom stereocenters. The second kappa shape index (κ2) is 7.23. The van der Waals surface area contributed by atoms with Crippen LogP contribution in [-0.4, -0.2) is 12.9 Å². The van der Waals surface area contributed by atoms with Crippen molar-refractivity contribution >= 4 is 21.4 Å². The van der Waals surface area contributed by atoms with E-state index in [0.29, 0.717) is 0 Å². The Morgan fingerprint density at radius 1 is 1.00 bits per heavy atom. The second-order valence-corrected chi connectivity index (χ2v) is 6.54. The van der Waals surface area contributed by atoms with E-state index < -0.39 is 6.36 Å². The van der Waals surface area contributed by atoms with Crippen molar-refractivity contribution in [3.63, 3.8) is 0 Å². The highest BCUT2D eigenvalue weighted by molar-refractivity contribution is 7.19. The lowest BCUT2D eigenvalue weighted by atomic mass is 10.1. The number of thiophene rings is 1. The number of ether oxygens (including phenoxy) is 1. The SMILES string of the molecule is FC(F)(F)Oc1ccc(CCNCc2cc3ccccc3s2)cc1. The summed E-state index contributed by atoms with van der Waals surface area (Å²) in [7, 11) is 0. The van der Waals surface area contributed by atoms with Crippen LogP contribution >= 0.6 is 11.3 Å². The van der Waals surface area contributed by atoms with E-state index in [-0.39, 0.29) is 5.75 Å².